The largest absolute Gasteiger partial charge is 0.465 e. The summed E-state index contributed by atoms with van der Waals surface area (Å²) in [7, 11) is 1.43. The smallest absolute Gasteiger partial charge is 0.340 e. The summed E-state index contributed by atoms with van der Waals surface area (Å²) in [6.45, 7) is 2.97. The standard InChI is InChI=1S/C15H19NO2/c1-11-6-8-12(9-7-11)14(15(17)18-2)13-5-3-4-10-16-13/h6-9,16H,3-5,10H2,1-2H3/b14-13-. The number of hydrogen-bond donors (Lipinski definition) is 1. The molecule has 18 heavy (non-hydrogen) atoms. The Morgan fingerprint density at radius 3 is 2.50 bits per heavy atom. The van der Waals surface area contributed by atoms with Crippen LogP contribution >= 0.6 is 0 Å². The fourth-order valence-corrected chi connectivity index (χ4v) is 2.21. The van der Waals surface area contributed by atoms with Gasteiger partial charge in [-0.1, -0.05) is 29.8 Å². The number of methoxy groups -OCH3 is 1. The van der Waals surface area contributed by atoms with Gasteiger partial charge in [0.25, 0.3) is 0 Å². The fraction of sp³-hybridized carbons (Fsp3) is 0.400. The second kappa shape index (κ2) is 5.71. The maximum Gasteiger partial charge on any atom is 0.340 e. The number of hydrogen-bond acceptors (Lipinski definition) is 3. The van der Waals surface area contributed by atoms with Gasteiger partial charge in [0.2, 0.25) is 0 Å². The number of rotatable bonds is 2. The van der Waals surface area contributed by atoms with Crippen LogP contribution in [-0.2, 0) is 9.53 Å². The van der Waals surface area contributed by atoms with Crippen LogP contribution in [0, 0.1) is 6.92 Å². The van der Waals surface area contributed by atoms with Gasteiger partial charge in [0, 0.05) is 12.2 Å². The first-order valence-electron chi connectivity index (χ1n) is 6.34. The Morgan fingerprint density at radius 1 is 1.22 bits per heavy atom. The molecule has 0 aliphatic carbocycles. The highest BCUT2D eigenvalue weighted by Gasteiger charge is 2.19. The van der Waals surface area contributed by atoms with E-state index in [9.17, 15) is 4.79 Å². The lowest BCUT2D eigenvalue weighted by atomic mass is 9.98. The maximum atomic E-state index is 12.0. The van der Waals surface area contributed by atoms with Crippen LogP contribution in [-0.4, -0.2) is 19.6 Å². The van der Waals surface area contributed by atoms with Gasteiger partial charge in [0.1, 0.15) is 0 Å². The number of ether oxygens (including phenoxy) is 1. The lowest BCUT2D eigenvalue weighted by Gasteiger charge is -2.20. The molecule has 0 atom stereocenters. The van der Waals surface area contributed by atoms with Crippen LogP contribution in [0.2, 0.25) is 0 Å². The van der Waals surface area contributed by atoms with Crippen LogP contribution in [0.4, 0.5) is 0 Å². The van der Waals surface area contributed by atoms with Gasteiger partial charge < -0.3 is 10.1 Å². The first-order chi connectivity index (χ1) is 8.72. The minimum Gasteiger partial charge on any atom is -0.465 e. The summed E-state index contributed by atoms with van der Waals surface area (Å²) in [5.74, 6) is -0.261. The molecule has 3 heteroatoms. The highest BCUT2D eigenvalue weighted by molar-refractivity contribution is 6.17. The average Bonchev–Trinajstić information content (AvgIpc) is 2.42. The molecule has 1 saturated heterocycles. The Balaban J connectivity index is 2.41. The number of carbonyl (C=O) groups is 1. The molecular formula is C15H19NO2. The molecule has 0 radical (unpaired) electrons. The third-order valence-electron chi connectivity index (χ3n) is 3.22. The second-order valence-corrected chi connectivity index (χ2v) is 4.60. The van der Waals surface area contributed by atoms with Crippen LogP contribution in [0.5, 0.6) is 0 Å². The van der Waals surface area contributed by atoms with Gasteiger partial charge in [-0.25, -0.2) is 4.79 Å². The van der Waals surface area contributed by atoms with Crippen LogP contribution in [0.3, 0.4) is 0 Å². The van der Waals surface area contributed by atoms with Crippen molar-refractivity contribution in [3.05, 3.63) is 41.1 Å². The second-order valence-electron chi connectivity index (χ2n) is 4.60. The molecule has 1 heterocycles. The number of esters is 1. The van der Waals surface area contributed by atoms with Gasteiger partial charge in [0.05, 0.1) is 12.7 Å². The lowest BCUT2D eigenvalue weighted by Crippen LogP contribution is -2.23. The van der Waals surface area contributed by atoms with Crippen molar-refractivity contribution in [1.82, 2.24) is 5.32 Å². The van der Waals surface area contributed by atoms with E-state index in [2.05, 4.69) is 5.32 Å². The molecule has 1 aromatic carbocycles. The number of nitrogens with one attached hydrogen (secondary N) is 1. The Morgan fingerprint density at radius 2 is 1.94 bits per heavy atom. The van der Waals surface area contributed by atoms with Crippen molar-refractivity contribution in [3.63, 3.8) is 0 Å². The molecule has 0 amide bonds. The van der Waals surface area contributed by atoms with Crippen LogP contribution in [0.25, 0.3) is 5.57 Å². The van der Waals surface area contributed by atoms with Gasteiger partial charge in [-0.05, 0) is 31.7 Å². The average molecular weight is 245 g/mol. The van der Waals surface area contributed by atoms with Gasteiger partial charge in [0.15, 0.2) is 0 Å². The zero-order valence-electron chi connectivity index (χ0n) is 11.0. The van der Waals surface area contributed by atoms with E-state index in [1.807, 2.05) is 31.2 Å². The quantitative estimate of drug-likeness (QED) is 0.643. The highest BCUT2D eigenvalue weighted by Crippen LogP contribution is 2.24. The molecule has 0 unspecified atom stereocenters. The molecule has 1 aliphatic heterocycles. The van der Waals surface area contributed by atoms with Crippen molar-refractivity contribution < 1.29 is 9.53 Å². The molecule has 1 N–H and O–H groups in total. The van der Waals surface area contributed by atoms with Gasteiger partial charge in [-0.2, -0.15) is 0 Å². The lowest BCUT2D eigenvalue weighted by molar-refractivity contribution is -0.133. The zero-order valence-corrected chi connectivity index (χ0v) is 11.0. The van der Waals surface area contributed by atoms with Crippen molar-refractivity contribution in [1.29, 1.82) is 0 Å². The van der Waals surface area contributed by atoms with Gasteiger partial charge in [-0.3, -0.25) is 0 Å². The number of aryl methyl sites for hydroxylation is 1. The Hall–Kier alpha value is -1.77. The van der Waals surface area contributed by atoms with Gasteiger partial charge >= 0.3 is 5.97 Å². The SMILES string of the molecule is COC(=O)/C(=C1/CCCCN1)c1ccc(C)cc1. The van der Waals surface area contributed by atoms with Crippen molar-refractivity contribution in [2.45, 2.75) is 26.2 Å². The van der Waals surface area contributed by atoms with Crippen molar-refractivity contribution >= 4 is 11.5 Å². The normalized spacial score (nSPS) is 17.9. The Kier molecular flexibility index (Phi) is 4.03. The minimum absolute atomic E-state index is 0.261. The van der Waals surface area contributed by atoms with Gasteiger partial charge in [-0.15, -0.1) is 0 Å². The van der Waals surface area contributed by atoms with E-state index >= 15 is 0 Å². The summed E-state index contributed by atoms with van der Waals surface area (Å²) in [6, 6.07) is 7.99. The molecule has 0 saturated carbocycles. The van der Waals surface area contributed by atoms with E-state index in [0.29, 0.717) is 5.57 Å². The fourth-order valence-electron chi connectivity index (χ4n) is 2.21. The number of piperidine rings is 1. The number of carbonyl (C=O) groups excluding carboxylic acids is 1. The molecule has 1 fully saturated rings. The first-order valence-corrected chi connectivity index (χ1v) is 6.34. The maximum absolute atomic E-state index is 12.0. The molecule has 1 aliphatic rings. The third-order valence-corrected chi connectivity index (χ3v) is 3.22. The van der Waals surface area contributed by atoms with E-state index in [-0.39, 0.29) is 5.97 Å². The van der Waals surface area contributed by atoms with Crippen molar-refractivity contribution in [3.8, 4) is 0 Å². The molecule has 96 valence electrons. The molecule has 0 spiro atoms. The summed E-state index contributed by atoms with van der Waals surface area (Å²) in [6.07, 6.45) is 3.19. The van der Waals surface area contributed by atoms with Crippen LogP contribution < -0.4 is 5.32 Å². The molecule has 0 aromatic heterocycles. The van der Waals surface area contributed by atoms with Crippen LogP contribution in [0.15, 0.2) is 30.0 Å². The Labute approximate surface area is 108 Å². The summed E-state index contributed by atoms with van der Waals surface area (Å²) in [5.41, 5.74) is 3.80. The Bertz CT molecular complexity index is 452. The predicted molar refractivity (Wildman–Crippen MR) is 72.0 cm³/mol. The van der Waals surface area contributed by atoms with E-state index in [0.717, 1.165) is 37.1 Å². The summed E-state index contributed by atoms with van der Waals surface area (Å²) >= 11 is 0. The molecule has 2 rings (SSSR count). The van der Waals surface area contributed by atoms with E-state index < -0.39 is 0 Å². The molecular weight excluding hydrogens is 226 g/mol. The molecule has 3 nitrogen and oxygen atoms in total. The summed E-state index contributed by atoms with van der Waals surface area (Å²) in [4.78, 5) is 12.0. The highest BCUT2D eigenvalue weighted by atomic mass is 16.5. The van der Waals surface area contributed by atoms with Crippen molar-refractivity contribution in [2.75, 3.05) is 13.7 Å². The zero-order chi connectivity index (χ0) is 13.0. The van der Waals surface area contributed by atoms with Crippen molar-refractivity contribution in [2.24, 2.45) is 0 Å². The molecule has 1 aromatic rings. The number of allylic oxidation sites excluding steroid dienone is 1. The monoisotopic (exact) mass is 245 g/mol. The third kappa shape index (κ3) is 2.73. The predicted octanol–water partition coefficient (Wildman–Crippen LogP) is 2.65. The topological polar surface area (TPSA) is 38.3 Å². The number of benzene rings is 1. The van der Waals surface area contributed by atoms with E-state index in [4.69, 9.17) is 4.74 Å². The summed E-state index contributed by atoms with van der Waals surface area (Å²) in [5, 5.41) is 3.33. The van der Waals surface area contributed by atoms with Crippen LogP contribution in [0.1, 0.15) is 30.4 Å². The summed E-state index contributed by atoms with van der Waals surface area (Å²) < 4.78 is 4.91. The first kappa shape index (κ1) is 12.7. The van der Waals surface area contributed by atoms with E-state index in [1.54, 1.807) is 0 Å². The molecule has 0 bridgehead atoms. The minimum atomic E-state index is -0.261. The van der Waals surface area contributed by atoms with E-state index in [1.165, 1.54) is 12.7 Å².